The normalized spacial score (nSPS) is 20.1. The molecular formula is C16H25N5O. The summed E-state index contributed by atoms with van der Waals surface area (Å²) in [5.41, 5.74) is 6.96. The Balaban J connectivity index is 1.98. The molecule has 3 N–H and O–H groups in total. The van der Waals surface area contributed by atoms with Crippen molar-refractivity contribution in [2.45, 2.75) is 63.3 Å². The first-order valence-corrected chi connectivity index (χ1v) is 8.31. The lowest BCUT2D eigenvalue weighted by atomic mass is 9.85. The van der Waals surface area contributed by atoms with Crippen molar-refractivity contribution in [3.05, 3.63) is 22.5 Å². The SMILES string of the molecule is Cn1cnc2c(=O)[nH]c(C3(N)CCCCCCCCC3)nc21. The maximum absolute atomic E-state index is 12.2. The van der Waals surface area contributed by atoms with Gasteiger partial charge in [-0.1, -0.05) is 44.9 Å². The number of aryl methyl sites for hydroxylation is 1. The minimum absolute atomic E-state index is 0.192. The molecule has 0 aliphatic heterocycles. The number of nitrogens with two attached hydrogens (primary N) is 1. The van der Waals surface area contributed by atoms with Gasteiger partial charge in [0.2, 0.25) is 0 Å². The lowest BCUT2D eigenvalue weighted by molar-refractivity contribution is 0.317. The largest absolute Gasteiger partial charge is 0.319 e. The highest BCUT2D eigenvalue weighted by Crippen LogP contribution is 2.30. The number of hydrogen-bond donors (Lipinski definition) is 2. The zero-order valence-electron chi connectivity index (χ0n) is 13.3. The van der Waals surface area contributed by atoms with E-state index < -0.39 is 5.54 Å². The van der Waals surface area contributed by atoms with E-state index in [1.807, 2.05) is 7.05 Å². The molecule has 0 amide bonds. The van der Waals surface area contributed by atoms with Crippen LogP contribution < -0.4 is 11.3 Å². The van der Waals surface area contributed by atoms with Crippen molar-refractivity contribution >= 4 is 11.2 Å². The van der Waals surface area contributed by atoms with Crippen LogP contribution in [0.5, 0.6) is 0 Å². The predicted octanol–water partition coefficient (Wildman–Crippen LogP) is 2.34. The van der Waals surface area contributed by atoms with E-state index in [4.69, 9.17) is 5.73 Å². The van der Waals surface area contributed by atoms with Crippen LogP contribution in [0.3, 0.4) is 0 Å². The van der Waals surface area contributed by atoms with E-state index in [1.165, 1.54) is 32.1 Å². The number of nitrogens with zero attached hydrogens (tertiary/aromatic N) is 3. The van der Waals surface area contributed by atoms with Crippen LogP contribution in [0.2, 0.25) is 0 Å². The fourth-order valence-electron chi connectivity index (χ4n) is 3.38. The van der Waals surface area contributed by atoms with E-state index in [9.17, 15) is 4.79 Å². The number of fused-ring (bicyclic) bond motifs is 1. The number of nitrogens with one attached hydrogen (secondary N) is 1. The summed E-state index contributed by atoms with van der Waals surface area (Å²) in [5.74, 6) is 0.620. The van der Waals surface area contributed by atoms with Crippen molar-refractivity contribution in [1.82, 2.24) is 19.5 Å². The minimum atomic E-state index is -0.533. The molecule has 1 aliphatic carbocycles. The van der Waals surface area contributed by atoms with E-state index in [1.54, 1.807) is 10.9 Å². The Kier molecular flexibility index (Phi) is 4.29. The molecule has 0 unspecified atom stereocenters. The van der Waals surface area contributed by atoms with Gasteiger partial charge < -0.3 is 15.3 Å². The molecule has 2 aromatic rings. The number of aromatic amines is 1. The minimum Gasteiger partial charge on any atom is -0.319 e. The van der Waals surface area contributed by atoms with Gasteiger partial charge in [-0.2, -0.15) is 0 Å². The Morgan fingerprint density at radius 2 is 1.73 bits per heavy atom. The molecule has 120 valence electrons. The molecule has 0 atom stereocenters. The molecule has 1 aliphatic rings. The predicted molar refractivity (Wildman–Crippen MR) is 86.5 cm³/mol. The number of imidazole rings is 1. The molecule has 6 nitrogen and oxygen atoms in total. The van der Waals surface area contributed by atoms with Gasteiger partial charge in [0.25, 0.3) is 5.56 Å². The van der Waals surface area contributed by atoms with Crippen LogP contribution in [0.15, 0.2) is 11.1 Å². The zero-order chi connectivity index (χ0) is 15.6. The number of rotatable bonds is 1. The van der Waals surface area contributed by atoms with Gasteiger partial charge >= 0.3 is 0 Å². The highest BCUT2D eigenvalue weighted by Gasteiger charge is 2.30. The maximum atomic E-state index is 12.2. The molecule has 1 fully saturated rings. The topological polar surface area (TPSA) is 89.6 Å². The van der Waals surface area contributed by atoms with Crippen molar-refractivity contribution in [3.8, 4) is 0 Å². The van der Waals surface area contributed by atoms with E-state index in [0.29, 0.717) is 17.0 Å². The quantitative estimate of drug-likeness (QED) is 0.846. The molecule has 0 radical (unpaired) electrons. The average Bonchev–Trinajstić information content (AvgIpc) is 2.88. The molecule has 2 aromatic heterocycles. The lowest BCUT2D eigenvalue weighted by Crippen LogP contribution is -2.40. The Hall–Kier alpha value is -1.69. The van der Waals surface area contributed by atoms with Crippen LogP contribution in [-0.4, -0.2) is 19.5 Å². The molecule has 0 bridgehead atoms. The smallest absolute Gasteiger partial charge is 0.279 e. The summed E-state index contributed by atoms with van der Waals surface area (Å²) >= 11 is 0. The van der Waals surface area contributed by atoms with Crippen molar-refractivity contribution in [1.29, 1.82) is 0 Å². The molecule has 6 heteroatoms. The summed E-state index contributed by atoms with van der Waals surface area (Å²) in [6.07, 6.45) is 11.8. The molecule has 1 saturated carbocycles. The van der Waals surface area contributed by atoms with Crippen molar-refractivity contribution in [2.75, 3.05) is 0 Å². The third kappa shape index (κ3) is 2.92. The summed E-state index contributed by atoms with van der Waals surface area (Å²) < 4.78 is 1.78. The Morgan fingerprint density at radius 3 is 2.36 bits per heavy atom. The van der Waals surface area contributed by atoms with Crippen LogP contribution >= 0.6 is 0 Å². The van der Waals surface area contributed by atoms with Crippen molar-refractivity contribution < 1.29 is 0 Å². The third-order valence-electron chi connectivity index (χ3n) is 4.79. The number of H-pyrrole nitrogens is 1. The van der Waals surface area contributed by atoms with Crippen LogP contribution in [0, 0.1) is 0 Å². The highest BCUT2D eigenvalue weighted by molar-refractivity contribution is 5.69. The van der Waals surface area contributed by atoms with Gasteiger partial charge in [-0.15, -0.1) is 0 Å². The molecular weight excluding hydrogens is 278 g/mol. The van der Waals surface area contributed by atoms with Gasteiger partial charge in [0.1, 0.15) is 5.82 Å². The molecule has 0 saturated heterocycles. The van der Waals surface area contributed by atoms with Gasteiger partial charge in [0.15, 0.2) is 11.2 Å². The zero-order valence-corrected chi connectivity index (χ0v) is 13.3. The van der Waals surface area contributed by atoms with Crippen LogP contribution in [-0.2, 0) is 12.6 Å². The first kappa shape index (κ1) is 15.2. The van der Waals surface area contributed by atoms with Crippen LogP contribution in [0.25, 0.3) is 11.2 Å². The Labute approximate surface area is 130 Å². The number of aromatic nitrogens is 4. The first-order chi connectivity index (χ1) is 10.6. The molecule has 3 rings (SSSR count). The third-order valence-corrected chi connectivity index (χ3v) is 4.79. The molecule has 22 heavy (non-hydrogen) atoms. The summed E-state index contributed by atoms with van der Waals surface area (Å²) in [4.78, 5) is 23.9. The molecule has 2 heterocycles. The summed E-state index contributed by atoms with van der Waals surface area (Å²) in [6.45, 7) is 0. The average molecular weight is 303 g/mol. The summed E-state index contributed by atoms with van der Waals surface area (Å²) in [7, 11) is 1.85. The maximum Gasteiger partial charge on any atom is 0.279 e. The summed E-state index contributed by atoms with van der Waals surface area (Å²) in [5, 5.41) is 0. The fourth-order valence-corrected chi connectivity index (χ4v) is 3.38. The molecule has 0 spiro atoms. The lowest BCUT2D eigenvalue weighted by Gasteiger charge is -2.29. The Morgan fingerprint density at radius 1 is 1.14 bits per heavy atom. The van der Waals surface area contributed by atoms with E-state index in [-0.39, 0.29) is 5.56 Å². The Bertz CT molecular complexity index is 692. The van der Waals surface area contributed by atoms with Crippen LogP contribution in [0.1, 0.15) is 63.6 Å². The standard InChI is InChI=1S/C16H25N5O/c1-21-11-18-12-13(21)19-15(20-14(12)22)16(17)9-7-5-3-2-4-6-8-10-16/h11H,2-10,17H2,1H3,(H,19,20,22). The summed E-state index contributed by atoms with van der Waals surface area (Å²) in [6, 6.07) is 0. The van der Waals surface area contributed by atoms with Gasteiger partial charge in [0.05, 0.1) is 11.9 Å². The van der Waals surface area contributed by atoms with Crippen molar-refractivity contribution in [2.24, 2.45) is 12.8 Å². The van der Waals surface area contributed by atoms with Gasteiger partial charge in [-0.25, -0.2) is 9.97 Å². The second kappa shape index (κ2) is 6.20. The first-order valence-electron chi connectivity index (χ1n) is 8.31. The fraction of sp³-hybridized carbons (Fsp3) is 0.688. The molecule has 0 aromatic carbocycles. The van der Waals surface area contributed by atoms with Gasteiger partial charge in [-0.05, 0) is 12.8 Å². The van der Waals surface area contributed by atoms with E-state index in [2.05, 4.69) is 15.0 Å². The van der Waals surface area contributed by atoms with Crippen molar-refractivity contribution in [3.63, 3.8) is 0 Å². The highest BCUT2D eigenvalue weighted by atomic mass is 16.1. The van der Waals surface area contributed by atoms with E-state index >= 15 is 0 Å². The van der Waals surface area contributed by atoms with Gasteiger partial charge in [-0.3, -0.25) is 4.79 Å². The second-order valence-corrected chi connectivity index (χ2v) is 6.57. The second-order valence-electron chi connectivity index (χ2n) is 6.57. The van der Waals surface area contributed by atoms with Gasteiger partial charge in [0, 0.05) is 7.05 Å². The van der Waals surface area contributed by atoms with E-state index in [0.717, 1.165) is 25.7 Å². The number of hydrogen-bond acceptors (Lipinski definition) is 4. The van der Waals surface area contributed by atoms with Crippen LogP contribution in [0.4, 0.5) is 0 Å². The monoisotopic (exact) mass is 303 g/mol.